The lowest BCUT2D eigenvalue weighted by Crippen LogP contribution is -2.05. The largest absolute Gasteiger partial charge is 0.311 e. The van der Waals surface area contributed by atoms with E-state index in [-0.39, 0.29) is 0 Å². The zero-order valence-electron chi connectivity index (χ0n) is 10.4. The van der Waals surface area contributed by atoms with E-state index in [1.165, 1.54) is 24.0 Å². The molecule has 0 N–H and O–H groups in total. The van der Waals surface area contributed by atoms with E-state index in [1.54, 1.807) is 0 Å². The van der Waals surface area contributed by atoms with E-state index in [4.69, 9.17) is 0 Å². The Kier molecular flexibility index (Phi) is 3.20. The first kappa shape index (κ1) is 11.9. The van der Waals surface area contributed by atoms with Crippen molar-refractivity contribution < 1.29 is 0 Å². The predicted molar refractivity (Wildman–Crippen MR) is 74.9 cm³/mol. The molecular formula is C14H16BrN3. The van der Waals surface area contributed by atoms with Crippen LogP contribution < -0.4 is 0 Å². The molecule has 2 aromatic rings. The van der Waals surface area contributed by atoms with E-state index in [1.807, 2.05) is 0 Å². The van der Waals surface area contributed by atoms with Crippen LogP contribution in [0.4, 0.5) is 0 Å². The van der Waals surface area contributed by atoms with Gasteiger partial charge >= 0.3 is 0 Å². The van der Waals surface area contributed by atoms with Gasteiger partial charge in [0.15, 0.2) is 0 Å². The Hall–Kier alpha value is -1.16. The third kappa shape index (κ3) is 2.34. The average molecular weight is 306 g/mol. The van der Waals surface area contributed by atoms with Gasteiger partial charge in [0.1, 0.15) is 11.6 Å². The second-order valence-corrected chi connectivity index (χ2v) is 5.49. The number of aromatic nitrogens is 3. The first-order chi connectivity index (χ1) is 8.78. The maximum Gasteiger partial charge on any atom is 0.143 e. The zero-order chi connectivity index (χ0) is 12.5. The lowest BCUT2D eigenvalue weighted by Gasteiger charge is -2.07. The summed E-state index contributed by atoms with van der Waals surface area (Å²) in [5.74, 6) is 2.15. The van der Waals surface area contributed by atoms with Crippen LogP contribution in [0.25, 0.3) is 0 Å². The minimum atomic E-state index is 0.632. The Morgan fingerprint density at radius 1 is 1.17 bits per heavy atom. The Balaban J connectivity index is 1.88. The van der Waals surface area contributed by atoms with Gasteiger partial charge in [-0.1, -0.05) is 45.8 Å². The van der Waals surface area contributed by atoms with Crippen molar-refractivity contribution in [3.63, 3.8) is 0 Å². The number of benzene rings is 1. The minimum Gasteiger partial charge on any atom is -0.311 e. The molecule has 0 bridgehead atoms. The molecular weight excluding hydrogens is 290 g/mol. The summed E-state index contributed by atoms with van der Waals surface area (Å²) >= 11 is 3.49. The van der Waals surface area contributed by atoms with Crippen molar-refractivity contribution in [2.45, 2.75) is 37.6 Å². The number of halogens is 1. The standard InChI is InChI=1S/C14H16BrN3/c1-10-2-4-11(5-3-10)8-13-16-17-14(9-15)18(13)12-6-7-12/h2-5,12H,6-9H2,1H3. The zero-order valence-corrected chi connectivity index (χ0v) is 12.0. The molecule has 3 rings (SSSR count). The van der Waals surface area contributed by atoms with E-state index in [9.17, 15) is 0 Å². The van der Waals surface area contributed by atoms with Gasteiger partial charge in [0.2, 0.25) is 0 Å². The van der Waals surface area contributed by atoms with Crippen molar-refractivity contribution in [1.82, 2.24) is 14.8 Å². The Labute approximate surface area is 115 Å². The summed E-state index contributed by atoms with van der Waals surface area (Å²) in [6.07, 6.45) is 3.40. The van der Waals surface area contributed by atoms with Gasteiger partial charge in [0, 0.05) is 12.5 Å². The average Bonchev–Trinajstić information content (AvgIpc) is 3.14. The van der Waals surface area contributed by atoms with Crippen molar-refractivity contribution in [2.75, 3.05) is 0 Å². The first-order valence-electron chi connectivity index (χ1n) is 6.32. The summed E-state index contributed by atoms with van der Waals surface area (Å²) in [4.78, 5) is 0. The lowest BCUT2D eigenvalue weighted by atomic mass is 10.1. The number of aryl methyl sites for hydroxylation is 1. The van der Waals surface area contributed by atoms with E-state index >= 15 is 0 Å². The summed E-state index contributed by atoms with van der Waals surface area (Å²) in [6.45, 7) is 2.11. The molecule has 4 heteroatoms. The third-order valence-electron chi connectivity index (χ3n) is 3.35. The van der Waals surface area contributed by atoms with Crippen LogP contribution in [0.2, 0.25) is 0 Å². The summed E-state index contributed by atoms with van der Waals surface area (Å²) < 4.78 is 2.31. The van der Waals surface area contributed by atoms with Crippen LogP contribution >= 0.6 is 15.9 Å². The molecule has 3 nitrogen and oxygen atoms in total. The van der Waals surface area contributed by atoms with Crippen molar-refractivity contribution in [3.8, 4) is 0 Å². The van der Waals surface area contributed by atoms with Crippen LogP contribution in [-0.2, 0) is 11.8 Å². The highest BCUT2D eigenvalue weighted by molar-refractivity contribution is 9.08. The van der Waals surface area contributed by atoms with Crippen LogP contribution in [-0.4, -0.2) is 14.8 Å². The van der Waals surface area contributed by atoms with Crippen LogP contribution in [0.15, 0.2) is 24.3 Å². The first-order valence-corrected chi connectivity index (χ1v) is 7.44. The number of alkyl halides is 1. The molecule has 1 aromatic carbocycles. The maximum absolute atomic E-state index is 4.35. The number of nitrogens with zero attached hydrogens (tertiary/aromatic N) is 3. The number of rotatable bonds is 4. The highest BCUT2D eigenvalue weighted by Gasteiger charge is 2.28. The predicted octanol–water partition coefficient (Wildman–Crippen LogP) is 3.41. The van der Waals surface area contributed by atoms with E-state index in [0.717, 1.165) is 23.4 Å². The fourth-order valence-corrected chi connectivity index (χ4v) is 2.60. The fraction of sp³-hybridized carbons (Fsp3) is 0.429. The molecule has 1 aliphatic rings. The molecule has 1 saturated carbocycles. The van der Waals surface area contributed by atoms with Crippen molar-refractivity contribution in [3.05, 3.63) is 47.0 Å². The van der Waals surface area contributed by atoms with Crippen LogP contribution in [0.3, 0.4) is 0 Å². The SMILES string of the molecule is Cc1ccc(Cc2nnc(CBr)n2C2CC2)cc1. The molecule has 1 aromatic heterocycles. The topological polar surface area (TPSA) is 30.7 Å². The molecule has 18 heavy (non-hydrogen) atoms. The van der Waals surface area contributed by atoms with Crippen LogP contribution in [0.1, 0.15) is 41.7 Å². The molecule has 0 radical (unpaired) electrons. The summed E-state index contributed by atoms with van der Waals surface area (Å²) in [5.41, 5.74) is 2.60. The van der Waals surface area contributed by atoms with Gasteiger partial charge < -0.3 is 4.57 Å². The maximum atomic E-state index is 4.35. The Morgan fingerprint density at radius 3 is 2.44 bits per heavy atom. The van der Waals surface area contributed by atoms with E-state index in [0.29, 0.717) is 6.04 Å². The molecule has 1 heterocycles. The summed E-state index contributed by atoms with van der Waals surface area (Å²) in [6, 6.07) is 9.29. The van der Waals surface area contributed by atoms with Crippen LogP contribution in [0, 0.1) is 6.92 Å². The van der Waals surface area contributed by atoms with E-state index in [2.05, 4.69) is 61.9 Å². The summed E-state index contributed by atoms with van der Waals surface area (Å²) in [7, 11) is 0. The van der Waals surface area contributed by atoms with Gasteiger partial charge in [-0.25, -0.2) is 0 Å². The molecule has 0 amide bonds. The summed E-state index contributed by atoms with van der Waals surface area (Å²) in [5, 5.41) is 9.41. The molecule has 0 saturated heterocycles. The van der Waals surface area contributed by atoms with E-state index < -0.39 is 0 Å². The normalized spacial score (nSPS) is 15.0. The second-order valence-electron chi connectivity index (χ2n) is 4.93. The van der Waals surface area contributed by atoms with Gasteiger partial charge in [0.25, 0.3) is 0 Å². The highest BCUT2D eigenvalue weighted by Crippen LogP contribution is 2.37. The van der Waals surface area contributed by atoms with Gasteiger partial charge in [0.05, 0.1) is 5.33 Å². The van der Waals surface area contributed by atoms with Gasteiger partial charge in [-0.3, -0.25) is 0 Å². The molecule has 1 fully saturated rings. The fourth-order valence-electron chi connectivity index (χ4n) is 2.22. The third-order valence-corrected chi connectivity index (χ3v) is 3.85. The minimum absolute atomic E-state index is 0.632. The lowest BCUT2D eigenvalue weighted by molar-refractivity contribution is 0.671. The number of hydrogen-bond acceptors (Lipinski definition) is 2. The van der Waals surface area contributed by atoms with Gasteiger partial charge in [-0.05, 0) is 25.3 Å². The van der Waals surface area contributed by atoms with Crippen molar-refractivity contribution >= 4 is 15.9 Å². The highest BCUT2D eigenvalue weighted by atomic mass is 79.9. The van der Waals surface area contributed by atoms with Crippen LogP contribution in [0.5, 0.6) is 0 Å². The molecule has 0 unspecified atom stereocenters. The Bertz CT molecular complexity index is 541. The second kappa shape index (κ2) is 4.84. The smallest absolute Gasteiger partial charge is 0.143 e. The van der Waals surface area contributed by atoms with Crippen molar-refractivity contribution in [1.29, 1.82) is 0 Å². The van der Waals surface area contributed by atoms with Crippen molar-refractivity contribution in [2.24, 2.45) is 0 Å². The van der Waals surface area contributed by atoms with Gasteiger partial charge in [-0.2, -0.15) is 0 Å². The Morgan fingerprint density at radius 2 is 1.83 bits per heavy atom. The molecule has 0 spiro atoms. The number of hydrogen-bond donors (Lipinski definition) is 0. The monoisotopic (exact) mass is 305 g/mol. The molecule has 0 atom stereocenters. The molecule has 1 aliphatic carbocycles. The van der Waals surface area contributed by atoms with Gasteiger partial charge in [-0.15, -0.1) is 10.2 Å². The molecule has 94 valence electrons. The quantitative estimate of drug-likeness (QED) is 0.811. The molecule has 0 aliphatic heterocycles.